The fourth-order valence-corrected chi connectivity index (χ4v) is 3.80. The molecule has 0 bridgehead atoms. The van der Waals surface area contributed by atoms with E-state index in [2.05, 4.69) is 21.2 Å². The predicted octanol–water partition coefficient (Wildman–Crippen LogP) is 3.44. The van der Waals surface area contributed by atoms with Crippen molar-refractivity contribution in [3.8, 4) is 0 Å². The summed E-state index contributed by atoms with van der Waals surface area (Å²) in [7, 11) is 1.47. The van der Waals surface area contributed by atoms with E-state index in [-0.39, 0.29) is 16.8 Å². The van der Waals surface area contributed by atoms with Crippen molar-refractivity contribution in [2.45, 2.75) is 43.0 Å². The molecule has 2 rings (SSSR count). The zero-order valence-electron chi connectivity index (χ0n) is 10.7. The molecule has 1 N–H and O–H groups in total. The van der Waals surface area contributed by atoms with E-state index in [9.17, 15) is 13.2 Å². The van der Waals surface area contributed by atoms with E-state index in [1.165, 1.54) is 18.6 Å². The minimum atomic E-state index is -3.85. The highest BCUT2D eigenvalue weighted by molar-refractivity contribution is 9.10. The zero-order chi connectivity index (χ0) is 14.8. The second-order valence-electron chi connectivity index (χ2n) is 4.92. The van der Waals surface area contributed by atoms with Crippen LogP contribution in [-0.4, -0.2) is 20.4 Å². The number of carbonyl (C=O) groups is 1. The third kappa shape index (κ3) is 4.20. The van der Waals surface area contributed by atoms with Crippen molar-refractivity contribution >= 4 is 41.6 Å². The molecule has 7 heteroatoms. The van der Waals surface area contributed by atoms with Crippen LogP contribution in [0.4, 0.5) is 0 Å². The zero-order valence-corrected chi connectivity index (χ0v) is 13.9. The van der Waals surface area contributed by atoms with Gasteiger partial charge in [0.15, 0.2) is 0 Å². The first-order chi connectivity index (χ1) is 9.36. The molecular weight excluding hydrogens is 366 g/mol. The minimum absolute atomic E-state index is 0.0812. The first-order valence-corrected chi connectivity index (χ1v) is 9.52. The Morgan fingerprint density at radius 3 is 2.45 bits per heavy atom. The molecule has 0 aromatic heterocycles. The smallest absolute Gasteiger partial charge is 0.261 e. The van der Waals surface area contributed by atoms with Crippen LogP contribution < -0.4 is 5.32 Å². The number of amides is 1. The van der Waals surface area contributed by atoms with Gasteiger partial charge in [0.2, 0.25) is 0 Å². The van der Waals surface area contributed by atoms with Crippen molar-refractivity contribution in [2.75, 3.05) is 0 Å². The quantitative estimate of drug-likeness (QED) is 0.817. The van der Waals surface area contributed by atoms with Crippen LogP contribution >= 0.6 is 26.6 Å². The molecule has 4 nitrogen and oxygen atoms in total. The molecule has 1 aromatic rings. The molecular formula is C13H15BrClNO3S. The first kappa shape index (κ1) is 15.8. The Morgan fingerprint density at radius 1 is 1.20 bits per heavy atom. The van der Waals surface area contributed by atoms with Gasteiger partial charge in [-0.05, 0) is 31.0 Å². The third-order valence-corrected chi connectivity index (χ3v) is 5.15. The molecule has 0 atom stereocenters. The van der Waals surface area contributed by atoms with Crippen LogP contribution in [0.1, 0.15) is 42.5 Å². The molecule has 1 fully saturated rings. The fraction of sp³-hybridized carbons (Fsp3) is 0.462. The summed E-state index contributed by atoms with van der Waals surface area (Å²) in [6.07, 6.45) is 5.38. The Bertz CT molecular complexity index is 612. The average Bonchev–Trinajstić information content (AvgIpc) is 2.38. The lowest BCUT2D eigenvalue weighted by atomic mass is 9.95. The normalized spacial score (nSPS) is 16.9. The molecule has 1 amide bonds. The predicted molar refractivity (Wildman–Crippen MR) is 81.5 cm³/mol. The summed E-state index contributed by atoms with van der Waals surface area (Å²) in [6.45, 7) is 0. The van der Waals surface area contributed by atoms with Gasteiger partial charge in [0.25, 0.3) is 15.0 Å². The van der Waals surface area contributed by atoms with Crippen LogP contribution in [0.25, 0.3) is 0 Å². The summed E-state index contributed by atoms with van der Waals surface area (Å²) in [5.74, 6) is -0.264. The maximum atomic E-state index is 12.2. The highest BCUT2D eigenvalue weighted by Gasteiger charge is 2.19. The first-order valence-electron chi connectivity index (χ1n) is 6.42. The summed E-state index contributed by atoms with van der Waals surface area (Å²) >= 11 is 3.20. The molecule has 0 saturated heterocycles. The third-order valence-electron chi connectivity index (χ3n) is 3.36. The van der Waals surface area contributed by atoms with Crippen molar-refractivity contribution in [1.82, 2.24) is 5.32 Å². The maximum absolute atomic E-state index is 12.2. The van der Waals surface area contributed by atoms with E-state index in [4.69, 9.17) is 10.7 Å². The lowest BCUT2D eigenvalue weighted by Crippen LogP contribution is -2.36. The van der Waals surface area contributed by atoms with Crippen LogP contribution in [0.2, 0.25) is 0 Å². The molecule has 1 saturated carbocycles. The van der Waals surface area contributed by atoms with Crippen molar-refractivity contribution in [3.63, 3.8) is 0 Å². The van der Waals surface area contributed by atoms with Gasteiger partial charge < -0.3 is 5.32 Å². The second kappa shape index (κ2) is 6.45. The monoisotopic (exact) mass is 379 g/mol. The van der Waals surface area contributed by atoms with Gasteiger partial charge in [-0.25, -0.2) is 8.42 Å². The number of rotatable bonds is 3. The number of carbonyl (C=O) groups excluding carboxylic acids is 1. The topological polar surface area (TPSA) is 63.2 Å². The lowest BCUT2D eigenvalue weighted by Gasteiger charge is -2.22. The molecule has 0 spiro atoms. The van der Waals surface area contributed by atoms with E-state index < -0.39 is 9.05 Å². The Labute approximate surface area is 131 Å². The van der Waals surface area contributed by atoms with Gasteiger partial charge in [0.05, 0.1) is 4.90 Å². The van der Waals surface area contributed by atoms with Crippen molar-refractivity contribution in [1.29, 1.82) is 0 Å². The van der Waals surface area contributed by atoms with Crippen LogP contribution in [0.3, 0.4) is 0 Å². The minimum Gasteiger partial charge on any atom is -0.349 e. The molecule has 20 heavy (non-hydrogen) atoms. The van der Waals surface area contributed by atoms with Crippen molar-refractivity contribution in [2.24, 2.45) is 0 Å². The number of hydrogen-bond acceptors (Lipinski definition) is 3. The van der Waals surface area contributed by atoms with Gasteiger partial charge in [0, 0.05) is 26.8 Å². The van der Waals surface area contributed by atoms with Crippen LogP contribution in [0, 0.1) is 0 Å². The Hall–Kier alpha value is -0.590. The number of halogens is 2. The number of hydrogen-bond donors (Lipinski definition) is 1. The van der Waals surface area contributed by atoms with Gasteiger partial charge in [0.1, 0.15) is 0 Å². The van der Waals surface area contributed by atoms with E-state index in [0.29, 0.717) is 10.0 Å². The number of benzene rings is 1. The van der Waals surface area contributed by atoms with Gasteiger partial charge >= 0.3 is 0 Å². The molecule has 0 unspecified atom stereocenters. The van der Waals surface area contributed by atoms with Crippen LogP contribution in [-0.2, 0) is 9.05 Å². The molecule has 110 valence electrons. The fourth-order valence-electron chi connectivity index (χ4n) is 2.35. The summed E-state index contributed by atoms with van der Waals surface area (Å²) in [4.78, 5) is 12.1. The van der Waals surface area contributed by atoms with E-state index in [1.807, 2.05) is 0 Å². The van der Waals surface area contributed by atoms with Gasteiger partial charge in [-0.1, -0.05) is 35.2 Å². The molecule has 1 aliphatic carbocycles. The Balaban J connectivity index is 2.19. The summed E-state index contributed by atoms with van der Waals surface area (Å²) in [5, 5.41) is 2.94. The van der Waals surface area contributed by atoms with E-state index >= 15 is 0 Å². The van der Waals surface area contributed by atoms with Gasteiger partial charge in [-0.2, -0.15) is 0 Å². The number of nitrogens with one attached hydrogen (secondary N) is 1. The van der Waals surface area contributed by atoms with Crippen LogP contribution in [0.15, 0.2) is 27.6 Å². The second-order valence-corrected chi connectivity index (χ2v) is 8.40. The van der Waals surface area contributed by atoms with Crippen molar-refractivity contribution in [3.05, 3.63) is 28.2 Å². The maximum Gasteiger partial charge on any atom is 0.261 e. The SMILES string of the molecule is O=C(NC1CCCCC1)c1cc(Br)cc(S(=O)(=O)Cl)c1. The highest BCUT2D eigenvalue weighted by Crippen LogP contribution is 2.23. The van der Waals surface area contributed by atoms with Crippen molar-refractivity contribution < 1.29 is 13.2 Å². The van der Waals surface area contributed by atoms with E-state index in [0.717, 1.165) is 25.7 Å². The largest absolute Gasteiger partial charge is 0.349 e. The molecule has 0 radical (unpaired) electrons. The molecule has 0 aliphatic heterocycles. The summed E-state index contributed by atoms with van der Waals surface area (Å²) in [6, 6.07) is 4.43. The average molecular weight is 381 g/mol. The highest BCUT2D eigenvalue weighted by atomic mass is 79.9. The standard InChI is InChI=1S/C13H15BrClNO3S/c14-10-6-9(7-12(8-10)20(15,18)19)13(17)16-11-4-2-1-3-5-11/h6-8,11H,1-5H2,(H,16,17). The van der Waals surface area contributed by atoms with Crippen LogP contribution in [0.5, 0.6) is 0 Å². The molecule has 0 heterocycles. The van der Waals surface area contributed by atoms with Gasteiger partial charge in [-0.3, -0.25) is 4.79 Å². The molecule has 1 aromatic carbocycles. The van der Waals surface area contributed by atoms with Gasteiger partial charge in [-0.15, -0.1) is 0 Å². The summed E-state index contributed by atoms with van der Waals surface area (Å²) in [5.41, 5.74) is 0.296. The van der Waals surface area contributed by atoms with E-state index in [1.54, 1.807) is 6.07 Å². The lowest BCUT2D eigenvalue weighted by molar-refractivity contribution is 0.0927. The Morgan fingerprint density at radius 2 is 1.85 bits per heavy atom. The summed E-state index contributed by atoms with van der Waals surface area (Å²) < 4.78 is 23.2. The molecule has 1 aliphatic rings. The Kier molecular flexibility index (Phi) is 5.09.